The summed E-state index contributed by atoms with van der Waals surface area (Å²) in [6.45, 7) is 2.74. The summed E-state index contributed by atoms with van der Waals surface area (Å²) < 4.78 is 32.4. The number of hydrogen-bond donors (Lipinski definition) is 1. The number of halogens is 2. The second-order valence-electron chi connectivity index (χ2n) is 5.05. The lowest BCUT2D eigenvalue weighted by Crippen LogP contribution is -2.26. The van der Waals surface area contributed by atoms with E-state index < -0.39 is 10.0 Å². The van der Waals surface area contributed by atoms with Crippen molar-refractivity contribution in [3.63, 3.8) is 0 Å². The summed E-state index contributed by atoms with van der Waals surface area (Å²) in [5.74, 6) is 1.88. The van der Waals surface area contributed by atoms with Crippen LogP contribution in [-0.4, -0.2) is 27.3 Å². The molecule has 0 bridgehead atoms. The van der Waals surface area contributed by atoms with Gasteiger partial charge in [-0.2, -0.15) is 11.8 Å². The Morgan fingerprint density at radius 2 is 1.72 bits per heavy atom. The molecule has 0 saturated carbocycles. The predicted octanol–water partition coefficient (Wildman–Crippen LogP) is 4.60. The summed E-state index contributed by atoms with van der Waals surface area (Å²) in [6, 6.07) is 11.7. The molecule has 0 radical (unpaired) electrons. The molecule has 136 valence electrons. The maximum absolute atomic E-state index is 12.2. The SMILES string of the molecule is CCOc1ccc(S(=O)(=O)NCCSCc2c(Cl)cccc2Cl)cc1. The topological polar surface area (TPSA) is 55.4 Å². The molecule has 0 atom stereocenters. The minimum Gasteiger partial charge on any atom is -0.494 e. The lowest BCUT2D eigenvalue weighted by molar-refractivity contribution is 0.340. The molecular formula is C17H19Cl2NO3S2. The third-order valence-electron chi connectivity index (χ3n) is 3.29. The fourth-order valence-corrected chi connectivity index (χ4v) is 4.81. The van der Waals surface area contributed by atoms with Gasteiger partial charge >= 0.3 is 0 Å². The van der Waals surface area contributed by atoms with Crippen molar-refractivity contribution in [2.45, 2.75) is 17.6 Å². The van der Waals surface area contributed by atoms with E-state index in [-0.39, 0.29) is 4.90 Å². The number of rotatable bonds is 9. The maximum Gasteiger partial charge on any atom is 0.240 e. The second kappa shape index (κ2) is 9.69. The normalized spacial score (nSPS) is 11.5. The van der Waals surface area contributed by atoms with Crippen molar-refractivity contribution in [2.24, 2.45) is 0 Å². The van der Waals surface area contributed by atoms with Gasteiger partial charge in [0.25, 0.3) is 0 Å². The first-order valence-corrected chi connectivity index (χ1v) is 11.1. The van der Waals surface area contributed by atoms with E-state index >= 15 is 0 Å². The number of hydrogen-bond acceptors (Lipinski definition) is 4. The summed E-state index contributed by atoms with van der Waals surface area (Å²) in [6.07, 6.45) is 0. The van der Waals surface area contributed by atoms with Gasteiger partial charge in [-0.05, 0) is 48.9 Å². The van der Waals surface area contributed by atoms with Crippen molar-refractivity contribution in [1.29, 1.82) is 0 Å². The first-order valence-electron chi connectivity index (χ1n) is 7.67. The van der Waals surface area contributed by atoms with Crippen LogP contribution in [0.2, 0.25) is 10.0 Å². The summed E-state index contributed by atoms with van der Waals surface area (Å²) in [5.41, 5.74) is 0.866. The van der Waals surface area contributed by atoms with Crippen molar-refractivity contribution in [2.75, 3.05) is 18.9 Å². The van der Waals surface area contributed by atoms with Crippen LogP contribution < -0.4 is 9.46 Å². The number of ether oxygens (including phenoxy) is 1. The summed E-state index contributed by atoms with van der Waals surface area (Å²) in [7, 11) is -3.52. The van der Waals surface area contributed by atoms with Crippen molar-refractivity contribution >= 4 is 45.0 Å². The number of benzene rings is 2. The molecular weight excluding hydrogens is 401 g/mol. The molecule has 2 aromatic carbocycles. The molecule has 0 unspecified atom stereocenters. The Balaban J connectivity index is 1.82. The van der Waals surface area contributed by atoms with Gasteiger partial charge in [-0.25, -0.2) is 13.1 Å². The molecule has 0 aliphatic rings. The lowest BCUT2D eigenvalue weighted by atomic mass is 10.2. The molecule has 0 fully saturated rings. The van der Waals surface area contributed by atoms with E-state index in [2.05, 4.69) is 4.72 Å². The average Bonchev–Trinajstić information content (AvgIpc) is 2.58. The highest BCUT2D eigenvalue weighted by molar-refractivity contribution is 7.98. The Kier molecular flexibility index (Phi) is 7.90. The van der Waals surface area contributed by atoms with Gasteiger partial charge in [0.2, 0.25) is 10.0 Å². The predicted molar refractivity (Wildman–Crippen MR) is 105 cm³/mol. The van der Waals surface area contributed by atoms with E-state index in [1.807, 2.05) is 6.92 Å². The quantitative estimate of drug-likeness (QED) is 0.603. The van der Waals surface area contributed by atoms with Gasteiger partial charge in [-0.1, -0.05) is 29.3 Å². The molecule has 8 heteroatoms. The molecule has 1 N–H and O–H groups in total. The van der Waals surface area contributed by atoms with Gasteiger partial charge in [-0.15, -0.1) is 0 Å². The van der Waals surface area contributed by atoms with E-state index in [1.165, 1.54) is 12.1 Å². The Labute approximate surface area is 162 Å². The third kappa shape index (κ3) is 6.08. The monoisotopic (exact) mass is 419 g/mol. The number of nitrogens with one attached hydrogen (secondary N) is 1. The Hall–Kier alpha value is -0.920. The average molecular weight is 420 g/mol. The lowest BCUT2D eigenvalue weighted by Gasteiger charge is -2.09. The van der Waals surface area contributed by atoms with E-state index in [1.54, 1.807) is 42.1 Å². The molecule has 0 amide bonds. The maximum atomic E-state index is 12.2. The van der Waals surface area contributed by atoms with Gasteiger partial charge in [0.05, 0.1) is 11.5 Å². The standard InChI is InChI=1S/C17H19Cl2NO3S2/c1-2-23-13-6-8-14(9-7-13)25(21,22)20-10-11-24-12-15-16(18)4-3-5-17(15)19/h3-9,20H,2,10-12H2,1H3. The molecule has 4 nitrogen and oxygen atoms in total. The van der Waals surface area contributed by atoms with Crippen LogP contribution in [0.15, 0.2) is 47.4 Å². The fourth-order valence-electron chi connectivity index (χ4n) is 2.06. The summed E-state index contributed by atoms with van der Waals surface area (Å²) in [4.78, 5) is 0.218. The zero-order valence-electron chi connectivity index (χ0n) is 13.7. The van der Waals surface area contributed by atoms with E-state index in [9.17, 15) is 8.42 Å². The van der Waals surface area contributed by atoms with Crippen LogP contribution in [0.4, 0.5) is 0 Å². The van der Waals surface area contributed by atoms with Gasteiger partial charge < -0.3 is 4.74 Å². The zero-order valence-corrected chi connectivity index (χ0v) is 16.8. The van der Waals surface area contributed by atoms with Crippen molar-refractivity contribution in [3.8, 4) is 5.75 Å². The van der Waals surface area contributed by atoms with Gasteiger partial charge in [-0.3, -0.25) is 0 Å². The third-order valence-corrected chi connectivity index (χ3v) is 6.46. The highest BCUT2D eigenvalue weighted by atomic mass is 35.5. The largest absolute Gasteiger partial charge is 0.494 e. The number of thioether (sulfide) groups is 1. The van der Waals surface area contributed by atoms with E-state index in [0.717, 1.165) is 5.56 Å². The van der Waals surface area contributed by atoms with Crippen LogP contribution in [0.3, 0.4) is 0 Å². The van der Waals surface area contributed by atoms with Crippen molar-refractivity contribution in [3.05, 3.63) is 58.1 Å². The van der Waals surface area contributed by atoms with Crippen LogP contribution in [0.25, 0.3) is 0 Å². The minimum absolute atomic E-state index is 0.218. The Morgan fingerprint density at radius 3 is 2.32 bits per heavy atom. The van der Waals surface area contributed by atoms with E-state index in [0.29, 0.717) is 40.5 Å². The highest BCUT2D eigenvalue weighted by Crippen LogP contribution is 2.28. The highest BCUT2D eigenvalue weighted by Gasteiger charge is 2.13. The molecule has 0 spiro atoms. The first kappa shape index (κ1) is 20.4. The van der Waals surface area contributed by atoms with Crippen LogP contribution in [0, 0.1) is 0 Å². The molecule has 0 heterocycles. The van der Waals surface area contributed by atoms with Crippen molar-refractivity contribution in [1.82, 2.24) is 4.72 Å². The van der Waals surface area contributed by atoms with Crippen LogP contribution in [-0.2, 0) is 15.8 Å². The smallest absolute Gasteiger partial charge is 0.240 e. The molecule has 2 aromatic rings. The second-order valence-corrected chi connectivity index (χ2v) is 8.74. The molecule has 2 rings (SSSR count). The Morgan fingerprint density at radius 1 is 1.08 bits per heavy atom. The zero-order chi connectivity index (χ0) is 18.3. The molecule has 0 aliphatic heterocycles. The molecule has 0 aliphatic carbocycles. The summed E-state index contributed by atoms with van der Waals surface area (Å²) >= 11 is 13.8. The van der Waals surface area contributed by atoms with Crippen LogP contribution >= 0.6 is 35.0 Å². The van der Waals surface area contributed by atoms with Crippen LogP contribution in [0.5, 0.6) is 5.75 Å². The fraction of sp³-hybridized carbons (Fsp3) is 0.294. The number of sulfonamides is 1. The van der Waals surface area contributed by atoms with Gasteiger partial charge in [0, 0.05) is 28.1 Å². The summed E-state index contributed by atoms with van der Waals surface area (Å²) in [5, 5.41) is 1.24. The molecule has 0 aromatic heterocycles. The molecule has 0 saturated heterocycles. The van der Waals surface area contributed by atoms with Gasteiger partial charge in [0.15, 0.2) is 0 Å². The van der Waals surface area contributed by atoms with Crippen LogP contribution in [0.1, 0.15) is 12.5 Å². The van der Waals surface area contributed by atoms with Gasteiger partial charge in [0.1, 0.15) is 5.75 Å². The Bertz CT molecular complexity index is 776. The minimum atomic E-state index is -3.52. The molecule has 25 heavy (non-hydrogen) atoms. The van der Waals surface area contributed by atoms with Crippen molar-refractivity contribution < 1.29 is 13.2 Å². The van der Waals surface area contributed by atoms with E-state index in [4.69, 9.17) is 27.9 Å². The first-order chi connectivity index (χ1) is 11.9.